The fourth-order valence-electron chi connectivity index (χ4n) is 6.25. The zero-order valence-electron chi connectivity index (χ0n) is 24.8. The Balaban J connectivity index is 1.62. The predicted octanol–water partition coefficient (Wildman–Crippen LogP) is 6.77. The summed E-state index contributed by atoms with van der Waals surface area (Å²) in [5, 5.41) is 3.34. The second-order valence-corrected chi connectivity index (χ2v) is 17.3. The van der Waals surface area contributed by atoms with Crippen LogP contribution in [0.5, 0.6) is 0 Å². The minimum Gasteiger partial charge on any atom is -0.344 e. The van der Waals surface area contributed by atoms with Crippen molar-refractivity contribution in [3.8, 4) is 0 Å². The van der Waals surface area contributed by atoms with E-state index >= 15 is 9.13 Å². The van der Waals surface area contributed by atoms with Gasteiger partial charge in [0.15, 0.2) is 5.79 Å². The third-order valence-corrected chi connectivity index (χ3v) is 15.0. The smallest absolute Gasteiger partial charge is 0.163 e. The van der Waals surface area contributed by atoms with Crippen molar-refractivity contribution in [3.63, 3.8) is 0 Å². The summed E-state index contributed by atoms with van der Waals surface area (Å²) in [4.78, 5) is 0. The first-order valence-electron chi connectivity index (χ1n) is 14.2. The molecule has 0 N–H and O–H groups in total. The minimum absolute atomic E-state index is 0.262. The lowest BCUT2D eigenvalue weighted by atomic mass is 10.2. The number of aryl methyl sites for hydroxylation is 4. The molecule has 1 saturated heterocycles. The van der Waals surface area contributed by atoms with Crippen LogP contribution in [0.2, 0.25) is 0 Å². The molecule has 6 heteroatoms. The molecule has 1 fully saturated rings. The molecule has 214 valence electrons. The molecule has 5 rings (SSSR count). The second-order valence-electron chi connectivity index (χ2n) is 11.7. The Morgan fingerprint density at radius 3 is 1.00 bits per heavy atom. The summed E-state index contributed by atoms with van der Waals surface area (Å²) in [5.74, 6) is -0.903. The molecule has 0 aromatic heterocycles. The van der Waals surface area contributed by atoms with Crippen LogP contribution in [-0.2, 0) is 18.6 Å². The van der Waals surface area contributed by atoms with Crippen molar-refractivity contribution >= 4 is 35.5 Å². The molecule has 2 atom stereocenters. The maximum absolute atomic E-state index is 15.4. The van der Waals surface area contributed by atoms with Gasteiger partial charge in [-0.2, -0.15) is 0 Å². The number of hydrogen-bond acceptors (Lipinski definition) is 4. The first-order valence-corrected chi connectivity index (χ1v) is 18.0. The molecule has 1 aliphatic heterocycles. The standard InChI is InChI=1S/C35H40O4P2/c1-25-15-7-11-19-31(25)40(36,32-20-12-8-16-26(32)2)23-29-30(39-35(5,6)38-29)24-41(37,33-21-13-9-17-27(33)3)34-22-14-10-18-28(34)4/h7-22,29-30H,23-24H2,1-6H3/t29-,30-/m0/s1. The fraction of sp³-hybridized carbons (Fsp3) is 0.314. The molecule has 1 aliphatic rings. The summed E-state index contributed by atoms with van der Waals surface area (Å²) < 4.78 is 43.8. The van der Waals surface area contributed by atoms with Gasteiger partial charge >= 0.3 is 0 Å². The number of rotatable bonds is 8. The van der Waals surface area contributed by atoms with Crippen molar-refractivity contribution in [2.45, 2.75) is 59.5 Å². The van der Waals surface area contributed by atoms with E-state index in [1.165, 1.54) is 0 Å². The predicted molar refractivity (Wildman–Crippen MR) is 172 cm³/mol. The van der Waals surface area contributed by atoms with E-state index in [-0.39, 0.29) is 12.3 Å². The van der Waals surface area contributed by atoms with Gasteiger partial charge < -0.3 is 18.6 Å². The van der Waals surface area contributed by atoms with Crippen LogP contribution in [0.1, 0.15) is 36.1 Å². The Morgan fingerprint density at radius 2 is 0.756 bits per heavy atom. The molecule has 1 heterocycles. The van der Waals surface area contributed by atoms with Gasteiger partial charge in [-0.05, 0) is 63.8 Å². The molecule has 0 radical (unpaired) electrons. The van der Waals surface area contributed by atoms with E-state index < -0.39 is 32.3 Å². The molecule has 0 saturated carbocycles. The first-order chi connectivity index (χ1) is 19.4. The average Bonchev–Trinajstić information content (AvgIpc) is 3.21. The number of ether oxygens (including phenoxy) is 2. The highest BCUT2D eigenvalue weighted by atomic mass is 31.2. The van der Waals surface area contributed by atoms with Gasteiger partial charge in [0.2, 0.25) is 0 Å². The van der Waals surface area contributed by atoms with Crippen molar-refractivity contribution in [2.24, 2.45) is 0 Å². The SMILES string of the molecule is Cc1ccccc1P(=O)(C[C@@H]1OC(C)(C)O[C@H]1CP(=O)(c1ccccc1C)c1ccccc1C)c1ccccc1C. The van der Waals surface area contributed by atoms with Gasteiger partial charge in [0.1, 0.15) is 14.3 Å². The molecule has 0 amide bonds. The Hall–Kier alpha value is -2.74. The van der Waals surface area contributed by atoms with Crippen LogP contribution in [0.4, 0.5) is 0 Å². The minimum atomic E-state index is -3.17. The van der Waals surface area contributed by atoms with E-state index in [2.05, 4.69) is 0 Å². The molecular weight excluding hydrogens is 546 g/mol. The van der Waals surface area contributed by atoms with Crippen molar-refractivity contribution in [1.29, 1.82) is 0 Å². The maximum Gasteiger partial charge on any atom is 0.163 e. The zero-order chi connectivity index (χ0) is 29.4. The third kappa shape index (κ3) is 5.81. The average molecular weight is 587 g/mol. The van der Waals surface area contributed by atoms with Crippen LogP contribution in [0.3, 0.4) is 0 Å². The highest BCUT2D eigenvalue weighted by molar-refractivity contribution is 7.79. The number of hydrogen-bond donors (Lipinski definition) is 0. The highest BCUT2D eigenvalue weighted by Crippen LogP contribution is 2.52. The summed E-state index contributed by atoms with van der Waals surface area (Å²) in [7, 11) is -6.33. The molecule has 0 bridgehead atoms. The molecule has 0 unspecified atom stereocenters. The fourth-order valence-corrected chi connectivity index (χ4v) is 13.1. The van der Waals surface area contributed by atoms with E-state index in [4.69, 9.17) is 9.47 Å². The van der Waals surface area contributed by atoms with E-state index in [0.29, 0.717) is 0 Å². The largest absolute Gasteiger partial charge is 0.344 e. The lowest BCUT2D eigenvalue weighted by molar-refractivity contribution is -0.142. The zero-order valence-corrected chi connectivity index (χ0v) is 26.6. The third-order valence-electron chi connectivity index (χ3n) is 8.18. The van der Waals surface area contributed by atoms with Crippen molar-refractivity contribution in [1.82, 2.24) is 0 Å². The van der Waals surface area contributed by atoms with Crippen LogP contribution >= 0.6 is 14.3 Å². The van der Waals surface area contributed by atoms with E-state index in [1.54, 1.807) is 0 Å². The van der Waals surface area contributed by atoms with Crippen LogP contribution in [-0.4, -0.2) is 30.3 Å². The van der Waals surface area contributed by atoms with Gasteiger partial charge in [-0.3, -0.25) is 0 Å². The Bertz CT molecular complexity index is 1440. The van der Waals surface area contributed by atoms with Gasteiger partial charge in [-0.25, -0.2) is 0 Å². The van der Waals surface area contributed by atoms with E-state index in [0.717, 1.165) is 43.5 Å². The molecule has 41 heavy (non-hydrogen) atoms. The van der Waals surface area contributed by atoms with Crippen molar-refractivity contribution in [2.75, 3.05) is 12.3 Å². The van der Waals surface area contributed by atoms with Crippen molar-refractivity contribution in [3.05, 3.63) is 119 Å². The van der Waals surface area contributed by atoms with Crippen LogP contribution in [0.15, 0.2) is 97.1 Å². The molecule has 4 nitrogen and oxygen atoms in total. The van der Waals surface area contributed by atoms with Gasteiger partial charge in [0.05, 0.1) is 12.2 Å². The summed E-state index contributed by atoms with van der Waals surface area (Å²) in [6, 6.07) is 31.7. The van der Waals surface area contributed by atoms with Gasteiger partial charge in [-0.1, -0.05) is 97.1 Å². The summed E-state index contributed by atoms with van der Waals surface area (Å²) in [6.45, 7) is 11.8. The monoisotopic (exact) mass is 586 g/mol. The topological polar surface area (TPSA) is 52.6 Å². The normalized spacial score (nSPS) is 18.9. The van der Waals surface area contributed by atoms with Gasteiger partial charge in [0, 0.05) is 33.5 Å². The van der Waals surface area contributed by atoms with Gasteiger partial charge in [-0.15, -0.1) is 0 Å². The van der Waals surface area contributed by atoms with Crippen LogP contribution in [0.25, 0.3) is 0 Å². The second kappa shape index (κ2) is 11.5. The Labute approximate surface area is 244 Å². The summed E-state index contributed by atoms with van der Waals surface area (Å²) >= 11 is 0. The Morgan fingerprint density at radius 1 is 0.512 bits per heavy atom. The maximum atomic E-state index is 15.4. The quantitative estimate of drug-likeness (QED) is 0.214. The van der Waals surface area contributed by atoms with Crippen molar-refractivity contribution < 1.29 is 18.6 Å². The van der Waals surface area contributed by atoms with Gasteiger partial charge in [0.25, 0.3) is 0 Å². The molecule has 4 aromatic carbocycles. The molecule has 4 aromatic rings. The summed E-state index contributed by atoms with van der Waals surface area (Å²) in [6.07, 6.45) is -0.510. The lowest BCUT2D eigenvalue weighted by Crippen LogP contribution is -2.37. The highest BCUT2D eigenvalue weighted by Gasteiger charge is 2.49. The molecular formula is C35H40O4P2. The van der Waals surface area contributed by atoms with E-state index in [1.807, 2.05) is 139 Å². The first kappa shape index (κ1) is 29.7. The Kier molecular flexibility index (Phi) is 8.34. The summed E-state index contributed by atoms with van der Waals surface area (Å²) in [5.41, 5.74) is 3.94. The molecule has 0 spiro atoms. The van der Waals surface area contributed by atoms with Crippen LogP contribution in [0, 0.1) is 27.7 Å². The van der Waals surface area contributed by atoms with E-state index in [9.17, 15) is 0 Å². The molecule has 0 aliphatic carbocycles. The van der Waals surface area contributed by atoms with Crippen LogP contribution < -0.4 is 21.2 Å². The lowest BCUT2D eigenvalue weighted by Gasteiger charge is -2.29. The number of benzene rings is 4.